The molecular formula is C15H26N2O3. The van der Waals surface area contributed by atoms with E-state index in [0.29, 0.717) is 6.42 Å². The number of nitrogens with one attached hydrogen (secondary N) is 1. The third-order valence-electron chi connectivity index (χ3n) is 4.78. The van der Waals surface area contributed by atoms with E-state index in [1.807, 2.05) is 0 Å². The van der Waals surface area contributed by atoms with Crippen LogP contribution in [-0.4, -0.2) is 29.1 Å². The maximum Gasteiger partial charge on any atom is 0.306 e. The van der Waals surface area contributed by atoms with Gasteiger partial charge in [0, 0.05) is 12.1 Å². The molecule has 0 aromatic rings. The van der Waals surface area contributed by atoms with Crippen molar-refractivity contribution in [2.45, 2.75) is 69.9 Å². The Balaban J connectivity index is 1.88. The van der Waals surface area contributed by atoms with Gasteiger partial charge in [-0.1, -0.05) is 25.7 Å². The van der Waals surface area contributed by atoms with Crippen LogP contribution in [0.5, 0.6) is 0 Å². The second-order valence-corrected chi connectivity index (χ2v) is 6.32. The normalized spacial score (nSPS) is 35.0. The second-order valence-electron chi connectivity index (χ2n) is 6.32. The van der Waals surface area contributed by atoms with Crippen LogP contribution >= 0.6 is 0 Å². The molecule has 2 aliphatic rings. The number of rotatable bonds is 3. The molecule has 4 atom stereocenters. The molecule has 2 rings (SSSR count). The molecule has 0 aromatic heterocycles. The summed E-state index contributed by atoms with van der Waals surface area (Å²) in [5.41, 5.74) is 6.11. The summed E-state index contributed by atoms with van der Waals surface area (Å²) >= 11 is 0. The van der Waals surface area contributed by atoms with Crippen molar-refractivity contribution in [3.63, 3.8) is 0 Å². The summed E-state index contributed by atoms with van der Waals surface area (Å²) in [5.74, 6) is -1.11. The first-order valence-electron chi connectivity index (χ1n) is 7.86. The van der Waals surface area contributed by atoms with Crippen LogP contribution in [0.15, 0.2) is 0 Å². The van der Waals surface area contributed by atoms with Gasteiger partial charge in [0.05, 0.1) is 11.8 Å². The zero-order valence-corrected chi connectivity index (χ0v) is 12.0. The van der Waals surface area contributed by atoms with Gasteiger partial charge in [0.1, 0.15) is 0 Å². The number of carbonyl (C=O) groups excluding carboxylic acids is 1. The molecule has 20 heavy (non-hydrogen) atoms. The van der Waals surface area contributed by atoms with Crippen LogP contribution in [0.4, 0.5) is 0 Å². The minimum atomic E-state index is -0.741. The van der Waals surface area contributed by atoms with Crippen molar-refractivity contribution in [1.29, 1.82) is 0 Å². The standard InChI is InChI=1S/C15H26N2O3/c16-13-8-3-1-2-7-12(13)14(18)17-11-6-4-5-10(9-11)15(19)20/h10-13H,1-9,16H2,(H,17,18)(H,19,20). The van der Waals surface area contributed by atoms with Gasteiger partial charge in [-0.25, -0.2) is 0 Å². The fourth-order valence-corrected chi connectivity index (χ4v) is 3.52. The molecule has 4 N–H and O–H groups in total. The summed E-state index contributed by atoms with van der Waals surface area (Å²) in [5, 5.41) is 12.1. The van der Waals surface area contributed by atoms with Gasteiger partial charge in [0.15, 0.2) is 0 Å². The maximum atomic E-state index is 12.4. The van der Waals surface area contributed by atoms with Gasteiger partial charge >= 0.3 is 5.97 Å². The SMILES string of the molecule is NC1CCCCCC1C(=O)NC1CCCC(C(=O)O)C1. The highest BCUT2D eigenvalue weighted by molar-refractivity contribution is 5.80. The van der Waals surface area contributed by atoms with Crippen LogP contribution in [0.1, 0.15) is 57.8 Å². The van der Waals surface area contributed by atoms with E-state index in [4.69, 9.17) is 10.8 Å². The van der Waals surface area contributed by atoms with Gasteiger partial charge in [0.2, 0.25) is 5.91 Å². The fourth-order valence-electron chi connectivity index (χ4n) is 3.52. The minimum absolute atomic E-state index is 0.00723. The smallest absolute Gasteiger partial charge is 0.306 e. The van der Waals surface area contributed by atoms with E-state index in [0.717, 1.165) is 51.4 Å². The number of nitrogens with two attached hydrogens (primary N) is 1. The van der Waals surface area contributed by atoms with Crippen LogP contribution in [0.25, 0.3) is 0 Å². The molecule has 2 aliphatic carbocycles. The zero-order valence-electron chi connectivity index (χ0n) is 12.0. The molecule has 114 valence electrons. The predicted octanol–water partition coefficient (Wildman–Crippen LogP) is 1.65. The lowest BCUT2D eigenvalue weighted by Gasteiger charge is -2.30. The fraction of sp³-hybridized carbons (Fsp3) is 0.867. The molecule has 0 aliphatic heterocycles. The van der Waals surface area contributed by atoms with Gasteiger partial charge in [-0.3, -0.25) is 9.59 Å². The number of hydrogen-bond donors (Lipinski definition) is 3. The summed E-state index contributed by atoms with van der Waals surface area (Å²) < 4.78 is 0. The first-order chi connectivity index (χ1) is 9.58. The third-order valence-corrected chi connectivity index (χ3v) is 4.78. The van der Waals surface area contributed by atoms with Crippen LogP contribution < -0.4 is 11.1 Å². The Morgan fingerprint density at radius 1 is 1.00 bits per heavy atom. The first kappa shape index (κ1) is 15.3. The monoisotopic (exact) mass is 282 g/mol. The topological polar surface area (TPSA) is 92.4 Å². The van der Waals surface area contributed by atoms with Gasteiger partial charge in [-0.15, -0.1) is 0 Å². The number of amides is 1. The molecule has 5 heteroatoms. The molecule has 0 spiro atoms. The third kappa shape index (κ3) is 3.95. The molecule has 0 saturated heterocycles. The average molecular weight is 282 g/mol. The summed E-state index contributed by atoms with van der Waals surface area (Å²) in [7, 11) is 0. The van der Waals surface area contributed by atoms with Crippen molar-refractivity contribution in [2.24, 2.45) is 17.6 Å². The Kier molecular flexibility index (Phi) is 5.40. The van der Waals surface area contributed by atoms with Crippen molar-refractivity contribution < 1.29 is 14.7 Å². The van der Waals surface area contributed by atoms with Crippen LogP contribution in [0, 0.1) is 11.8 Å². The molecular weight excluding hydrogens is 256 g/mol. The number of hydrogen-bond acceptors (Lipinski definition) is 3. The average Bonchev–Trinajstić information content (AvgIpc) is 2.63. The Bertz CT molecular complexity index is 359. The number of carboxylic acid groups (broad SMARTS) is 1. The lowest BCUT2D eigenvalue weighted by Crippen LogP contribution is -2.47. The predicted molar refractivity (Wildman–Crippen MR) is 76.1 cm³/mol. The highest BCUT2D eigenvalue weighted by Gasteiger charge is 2.31. The summed E-state index contributed by atoms with van der Waals surface area (Å²) in [4.78, 5) is 23.4. The molecule has 2 fully saturated rings. The maximum absolute atomic E-state index is 12.4. The molecule has 4 unspecified atom stereocenters. The summed E-state index contributed by atoms with van der Waals surface area (Å²) in [6, 6.07) is -0.0378. The Morgan fingerprint density at radius 3 is 2.50 bits per heavy atom. The summed E-state index contributed by atoms with van der Waals surface area (Å²) in [6.45, 7) is 0. The number of carboxylic acids is 1. The number of aliphatic carboxylic acids is 1. The van der Waals surface area contributed by atoms with E-state index < -0.39 is 5.97 Å². The Hall–Kier alpha value is -1.10. The molecule has 0 bridgehead atoms. The largest absolute Gasteiger partial charge is 0.481 e. The van der Waals surface area contributed by atoms with Crippen LogP contribution in [-0.2, 0) is 9.59 Å². The lowest BCUT2D eigenvalue weighted by molar-refractivity contribution is -0.143. The van der Waals surface area contributed by atoms with E-state index in [-0.39, 0.29) is 29.8 Å². The van der Waals surface area contributed by atoms with E-state index in [1.165, 1.54) is 0 Å². The highest BCUT2D eigenvalue weighted by Crippen LogP contribution is 2.26. The van der Waals surface area contributed by atoms with Crippen LogP contribution in [0.3, 0.4) is 0 Å². The molecule has 0 radical (unpaired) electrons. The van der Waals surface area contributed by atoms with E-state index in [1.54, 1.807) is 0 Å². The van der Waals surface area contributed by atoms with Crippen LogP contribution in [0.2, 0.25) is 0 Å². The highest BCUT2D eigenvalue weighted by atomic mass is 16.4. The van der Waals surface area contributed by atoms with Gasteiger partial charge in [0.25, 0.3) is 0 Å². The molecule has 2 saturated carbocycles. The van der Waals surface area contributed by atoms with Crippen molar-refractivity contribution in [1.82, 2.24) is 5.32 Å². The van der Waals surface area contributed by atoms with Crippen molar-refractivity contribution in [2.75, 3.05) is 0 Å². The zero-order chi connectivity index (χ0) is 14.5. The minimum Gasteiger partial charge on any atom is -0.481 e. The summed E-state index contributed by atoms with van der Waals surface area (Å²) in [6.07, 6.45) is 8.15. The van der Waals surface area contributed by atoms with E-state index >= 15 is 0 Å². The first-order valence-corrected chi connectivity index (χ1v) is 7.86. The lowest BCUT2D eigenvalue weighted by atomic mass is 9.85. The van der Waals surface area contributed by atoms with E-state index in [2.05, 4.69) is 5.32 Å². The van der Waals surface area contributed by atoms with Gasteiger partial charge < -0.3 is 16.2 Å². The Morgan fingerprint density at radius 2 is 1.75 bits per heavy atom. The second kappa shape index (κ2) is 7.07. The van der Waals surface area contributed by atoms with Crippen molar-refractivity contribution >= 4 is 11.9 Å². The molecule has 0 heterocycles. The molecule has 0 aromatic carbocycles. The molecule has 5 nitrogen and oxygen atoms in total. The number of carbonyl (C=O) groups is 2. The molecule has 1 amide bonds. The quantitative estimate of drug-likeness (QED) is 0.686. The van der Waals surface area contributed by atoms with Crippen molar-refractivity contribution in [3.05, 3.63) is 0 Å². The van der Waals surface area contributed by atoms with E-state index in [9.17, 15) is 9.59 Å². The van der Waals surface area contributed by atoms with Crippen molar-refractivity contribution in [3.8, 4) is 0 Å². The Labute approximate surface area is 120 Å². The van der Waals surface area contributed by atoms with Gasteiger partial charge in [-0.2, -0.15) is 0 Å². The van der Waals surface area contributed by atoms with Gasteiger partial charge in [-0.05, 0) is 32.1 Å².